The molecule has 2 aromatic rings. The van der Waals surface area contributed by atoms with Gasteiger partial charge >= 0.3 is 0 Å². The summed E-state index contributed by atoms with van der Waals surface area (Å²) < 4.78 is 7.55. The fourth-order valence-corrected chi connectivity index (χ4v) is 3.11. The maximum absolute atomic E-state index is 12.2. The SMILES string of the molecule is CC1c2nc(C(=O)NCC3CC3)cn2CCN1Cc1ccco1. The van der Waals surface area contributed by atoms with Gasteiger partial charge in [-0.2, -0.15) is 0 Å². The van der Waals surface area contributed by atoms with Crippen molar-refractivity contribution >= 4 is 5.91 Å². The summed E-state index contributed by atoms with van der Waals surface area (Å²) in [6.07, 6.45) is 6.06. The predicted molar refractivity (Wildman–Crippen MR) is 84.8 cm³/mol. The maximum Gasteiger partial charge on any atom is 0.271 e. The molecule has 1 amide bonds. The van der Waals surface area contributed by atoms with Gasteiger partial charge < -0.3 is 14.3 Å². The van der Waals surface area contributed by atoms with E-state index in [1.807, 2.05) is 18.3 Å². The van der Waals surface area contributed by atoms with Gasteiger partial charge in [-0.1, -0.05) is 0 Å². The summed E-state index contributed by atoms with van der Waals surface area (Å²) in [5.74, 6) is 2.54. The topological polar surface area (TPSA) is 63.3 Å². The molecule has 6 nitrogen and oxygen atoms in total. The second-order valence-electron chi connectivity index (χ2n) is 6.56. The number of nitrogens with one attached hydrogen (secondary N) is 1. The molecule has 0 saturated heterocycles. The number of carbonyl (C=O) groups is 1. The predicted octanol–water partition coefficient (Wildman–Crippen LogP) is 2.19. The molecule has 122 valence electrons. The highest BCUT2D eigenvalue weighted by Crippen LogP contribution is 2.28. The van der Waals surface area contributed by atoms with Gasteiger partial charge in [-0.25, -0.2) is 4.98 Å². The molecule has 3 heterocycles. The van der Waals surface area contributed by atoms with Crippen molar-refractivity contribution in [2.45, 2.75) is 38.9 Å². The number of furan rings is 1. The number of fused-ring (bicyclic) bond motifs is 1. The van der Waals surface area contributed by atoms with E-state index in [0.717, 1.165) is 37.8 Å². The molecular weight excluding hydrogens is 292 g/mol. The molecule has 1 N–H and O–H groups in total. The van der Waals surface area contributed by atoms with Gasteiger partial charge in [-0.05, 0) is 37.8 Å². The van der Waals surface area contributed by atoms with Crippen molar-refractivity contribution in [2.24, 2.45) is 5.92 Å². The summed E-state index contributed by atoms with van der Waals surface area (Å²) in [4.78, 5) is 19.1. The maximum atomic E-state index is 12.2. The van der Waals surface area contributed by atoms with Crippen molar-refractivity contribution < 1.29 is 9.21 Å². The van der Waals surface area contributed by atoms with E-state index in [9.17, 15) is 4.79 Å². The Kier molecular flexibility index (Phi) is 3.69. The number of amides is 1. The third-order valence-corrected chi connectivity index (χ3v) is 4.78. The number of imidazole rings is 1. The second kappa shape index (κ2) is 5.85. The van der Waals surface area contributed by atoms with Crippen LogP contribution < -0.4 is 5.32 Å². The average Bonchev–Trinajstić information content (AvgIpc) is 3.05. The summed E-state index contributed by atoms with van der Waals surface area (Å²) in [5.41, 5.74) is 0.535. The lowest BCUT2D eigenvalue weighted by atomic mass is 10.2. The Bertz CT molecular complexity index is 688. The minimum Gasteiger partial charge on any atom is -0.468 e. The Morgan fingerprint density at radius 3 is 3.04 bits per heavy atom. The number of aromatic nitrogens is 2. The first-order chi connectivity index (χ1) is 11.2. The summed E-state index contributed by atoms with van der Waals surface area (Å²) in [5, 5.41) is 2.99. The van der Waals surface area contributed by atoms with Gasteiger partial charge in [-0.3, -0.25) is 9.69 Å². The first kappa shape index (κ1) is 14.5. The van der Waals surface area contributed by atoms with Crippen molar-refractivity contribution in [2.75, 3.05) is 13.1 Å². The third-order valence-electron chi connectivity index (χ3n) is 4.78. The van der Waals surface area contributed by atoms with Crippen LogP contribution in [0.2, 0.25) is 0 Å². The van der Waals surface area contributed by atoms with E-state index >= 15 is 0 Å². The molecule has 23 heavy (non-hydrogen) atoms. The lowest BCUT2D eigenvalue weighted by molar-refractivity contribution is 0.0947. The molecule has 1 saturated carbocycles. The monoisotopic (exact) mass is 314 g/mol. The van der Waals surface area contributed by atoms with Crippen LogP contribution in [0.3, 0.4) is 0 Å². The molecule has 1 atom stereocenters. The van der Waals surface area contributed by atoms with Gasteiger partial charge in [0.05, 0.1) is 18.8 Å². The molecule has 1 aliphatic heterocycles. The van der Waals surface area contributed by atoms with Crippen LogP contribution in [0.4, 0.5) is 0 Å². The van der Waals surface area contributed by atoms with Crippen LogP contribution in [-0.4, -0.2) is 33.4 Å². The number of rotatable bonds is 5. The molecular formula is C17H22N4O2. The Labute approximate surface area is 135 Å². The van der Waals surface area contributed by atoms with E-state index < -0.39 is 0 Å². The zero-order chi connectivity index (χ0) is 15.8. The number of hydrogen-bond donors (Lipinski definition) is 1. The first-order valence-corrected chi connectivity index (χ1v) is 8.32. The molecule has 0 aromatic carbocycles. The van der Waals surface area contributed by atoms with E-state index in [1.54, 1.807) is 6.26 Å². The van der Waals surface area contributed by atoms with Crippen LogP contribution in [0.5, 0.6) is 0 Å². The first-order valence-electron chi connectivity index (χ1n) is 8.32. The highest BCUT2D eigenvalue weighted by atomic mass is 16.3. The van der Waals surface area contributed by atoms with E-state index in [2.05, 4.69) is 26.7 Å². The molecule has 1 fully saturated rings. The molecule has 6 heteroatoms. The van der Waals surface area contributed by atoms with Gasteiger partial charge in [0, 0.05) is 25.8 Å². The highest BCUT2D eigenvalue weighted by Gasteiger charge is 2.28. The van der Waals surface area contributed by atoms with Crippen LogP contribution in [0.15, 0.2) is 29.0 Å². The smallest absolute Gasteiger partial charge is 0.271 e. The molecule has 2 aromatic heterocycles. The van der Waals surface area contributed by atoms with E-state index in [1.165, 1.54) is 12.8 Å². The van der Waals surface area contributed by atoms with Crippen LogP contribution in [0, 0.1) is 5.92 Å². The molecule has 1 unspecified atom stereocenters. The van der Waals surface area contributed by atoms with Crippen molar-refractivity contribution in [3.05, 3.63) is 41.9 Å². The van der Waals surface area contributed by atoms with Crippen LogP contribution in [0.25, 0.3) is 0 Å². The Morgan fingerprint density at radius 2 is 2.30 bits per heavy atom. The van der Waals surface area contributed by atoms with Crippen molar-refractivity contribution in [1.82, 2.24) is 19.8 Å². The minimum atomic E-state index is -0.0522. The summed E-state index contributed by atoms with van der Waals surface area (Å²) in [6, 6.07) is 4.07. The lowest BCUT2D eigenvalue weighted by Crippen LogP contribution is -2.36. The van der Waals surface area contributed by atoms with Crippen LogP contribution in [-0.2, 0) is 13.1 Å². The molecule has 0 bridgehead atoms. The summed E-state index contributed by atoms with van der Waals surface area (Å²) in [6.45, 7) is 5.45. The van der Waals surface area contributed by atoms with Gasteiger partial charge in [-0.15, -0.1) is 0 Å². The average molecular weight is 314 g/mol. The molecule has 1 aliphatic carbocycles. The van der Waals surface area contributed by atoms with E-state index in [-0.39, 0.29) is 11.9 Å². The molecule has 0 spiro atoms. The Hall–Kier alpha value is -2.08. The largest absolute Gasteiger partial charge is 0.468 e. The third kappa shape index (κ3) is 3.03. The normalized spacial score (nSPS) is 21.2. The Morgan fingerprint density at radius 1 is 1.43 bits per heavy atom. The second-order valence-corrected chi connectivity index (χ2v) is 6.56. The van der Waals surface area contributed by atoms with Crippen LogP contribution >= 0.6 is 0 Å². The van der Waals surface area contributed by atoms with Gasteiger partial charge in [0.15, 0.2) is 0 Å². The van der Waals surface area contributed by atoms with Crippen molar-refractivity contribution in [1.29, 1.82) is 0 Å². The zero-order valence-electron chi connectivity index (χ0n) is 13.4. The lowest BCUT2D eigenvalue weighted by Gasteiger charge is -2.32. The fourth-order valence-electron chi connectivity index (χ4n) is 3.11. The number of carbonyl (C=O) groups excluding carboxylic acids is 1. The quantitative estimate of drug-likeness (QED) is 0.919. The highest BCUT2D eigenvalue weighted by molar-refractivity contribution is 5.92. The molecule has 4 rings (SSSR count). The molecule has 0 radical (unpaired) electrons. The minimum absolute atomic E-state index is 0.0522. The van der Waals surface area contributed by atoms with Crippen molar-refractivity contribution in [3.63, 3.8) is 0 Å². The summed E-state index contributed by atoms with van der Waals surface area (Å²) >= 11 is 0. The fraction of sp³-hybridized carbons (Fsp3) is 0.529. The molecule has 2 aliphatic rings. The van der Waals surface area contributed by atoms with Crippen molar-refractivity contribution in [3.8, 4) is 0 Å². The van der Waals surface area contributed by atoms with E-state index in [0.29, 0.717) is 11.6 Å². The number of hydrogen-bond acceptors (Lipinski definition) is 4. The van der Waals surface area contributed by atoms with E-state index in [4.69, 9.17) is 4.42 Å². The Balaban J connectivity index is 1.46. The number of nitrogens with zero attached hydrogens (tertiary/aromatic N) is 3. The van der Waals surface area contributed by atoms with Gasteiger partial charge in [0.1, 0.15) is 17.3 Å². The zero-order valence-corrected chi connectivity index (χ0v) is 13.4. The van der Waals surface area contributed by atoms with Gasteiger partial charge in [0.25, 0.3) is 5.91 Å². The van der Waals surface area contributed by atoms with Gasteiger partial charge in [0.2, 0.25) is 0 Å². The summed E-state index contributed by atoms with van der Waals surface area (Å²) in [7, 11) is 0. The van der Waals surface area contributed by atoms with Crippen LogP contribution in [0.1, 0.15) is 47.9 Å². The standard InChI is InChI=1S/C17H22N4O2/c1-12-16-19-15(17(22)18-9-13-4-5-13)11-21(16)7-6-20(12)10-14-3-2-8-23-14/h2-3,8,11-13H,4-7,9-10H2,1H3,(H,18,22).